The van der Waals surface area contributed by atoms with Crippen LogP contribution in [0.5, 0.6) is 11.5 Å². The van der Waals surface area contributed by atoms with Crippen LogP contribution in [0.1, 0.15) is 16.1 Å². The highest BCUT2D eigenvalue weighted by atomic mass is 19.1. The molecule has 0 aliphatic rings. The third-order valence-electron chi connectivity index (χ3n) is 4.09. The molecule has 2 heterocycles. The van der Waals surface area contributed by atoms with Crippen molar-refractivity contribution in [3.63, 3.8) is 0 Å². The smallest absolute Gasteiger partial charge is 0.251 e. The van der Waals surface area contributed by atoms with Crippen LogP contribution in [0.2, 0.25) is 0 Å². The number of carbonyl (C=O) groups excluding carboxylic acids is 1. The molecule has 0 unspecified atom stereocenters. The van der Waals surface area contributed by atoms with Gasteiger partial charge in [0.1, 0.15) is 23.0 Å². The first-order valence-electron chi connectivity index (χ1n) is 8.84. The van der Waals surface area contributed by atoms with E-state index >= 15 is 0 Å². The predicted molar refractivity (Wildman–Crippen MR) is 104 cm³/mol. The van der Waals surface area contributed by atoms with Crippen molar-refractivity contribution < 1.29 is 18.3 Å². The zero-order chi connectivity index (χ0) is 20.1. The molecule has 2 aromatic heterocycles. The van der Waals surface area contributed by atoms with Crippen LogP contribution >= 0.6 is 0 Å². The Morgan fingerprint density at radius 1 is 1.00 bits per heavy atom. The van der Waals surface area contributed by atoms with Crippen LogP contribution in [0.15, 0.2) is 83.7 Å². The lowest BCUT2D eigenvalue weighted by molar-refractivity contribution is 0.0950. The first-order valence-corrected chi connectivity index (χ1v) is 8.84. The van der Waals surface area contributed by atoms with Gasteiger partial charge in [0.15, 0.2) is 5.76 Å². The van der Waals surface area contributed by atoms with Gasteiger partial charge >= 0.3 is 0 Å². The maximum Gasteiger partial charge on any atom is 0.251 e. The van der Waals surface area contributed by atoms with Gasteiger partial charge in [-0.25, -0.2) is 9.37 Å². The number of carbonyl (C=O) groups is 1. The fourth-order valence-corrected chi connectivity index (χ4v) is 2.72. The number of aromatic nitrogens is 2. The van der Waals surface area contributed by atoms with Crippen LogP contribution in [0, 0.1) is 5.82 Å². The number of hydrogen-bond acceptors (Lipinski definition) is 5. The standard InChI is InChI=1S/C22H16FN3O3/c23-16-6-8-17(9-7-16)29-18-4-1-3-15(13-18)22(27)26-14-19-21(25-11-10-24-19)20-5-2-12-28-20/h1-13H,14H2,(H,26,27). The molecule has 0 saturated heterocycles. The highest BCUT2D eigenvalue weighted by molar-refractivity contribution is 5.94. The van der Waals surface area contributed by atoms with Gasteiger partial charge in [-0.2, -0.15) is 0 Å². The summed E-state index contributed by atoms with van der Waals surface area (Å²) in [5.74, 6) is 0.901. The number of halogens is 1. The molecule has 0 atom stereocenters. The molecule has 144 valence electrons. The van der Waals surface area contributed by atoms with Gasteiger partial charge in [0.2, 0.25) is 0 Å². The van der Waals surface area contributed by atoms with Crippen molar-refractivity contribution in [2.24, 2.45) is 0 Å². The molecule has 1 N–H and O–H groups in total. The minimum atomic E-state index is -0.344. The molecule has 6 nitrogen and oxygen atoms in total. The van der Waals surface area contributed by atoms with Gasteiger partial charge in [-0.05, 0) is 54.6 Å². The first-order chi connectivity index (χ1) is 14.2. The second kappa shape index (κ2) is 8.35. The minimum Gasteiger partial charge on any atom is -0.463 e. The minimum absolute atomic E-state index is 0.186. The molecule has 29 heavy (non-hydrogen) atoms. The van der Waals surface area contributed by atoms with Crippen LogP contribution in [0.25, 0.3) is 11.5 Å². The fraction of sp³-hybridized carbons (Fsp3) is 0.0455. The van der Waals surface area contributed by atoms with Gasteiger partial charge in [0.25, 0.3) is 5.91 Å². The summed E-state index contributed by atoms with van der Waals surface area (Å²) in [5.41, 5.74) is 1.59. The molecular weight excluding hydrogens is 373 g/mol. The van der Waals surface area contributed by atoms with E-state index in [4.69, 9.17) is 9.15 Å². The Hall–Kier alpha value is -4.00. The average molecular weight is 389 g/mol. The largest absolute Gasteiger partial charge is 0.463 e. The van der Waals surface area contributed by atoms with Gasteiger partial charge in [-0.1, -0.05) is 6.07 Å². The molecular formula is C22H16FN3O3. The third-order valence-corrected chi connectivity index (χ3v) is 4.09. The normalized spacial score (nSPS) is 10.5. The van der Waals surface area contributed by atoms with E-state index in [0.29, 0.717) is 34.2 Å². The Morgan fingerprint density at radius 3 is 2.62 bits per heavy atom. The molecule has 7 heteroatoms. The Balaban J connectivity index is 1.45. The van der Waals surface area contributed by atoms with Crippen LogP contribution < -0.4 is 10.1 Å². The lowest BCUT2D eigenvalue weighted by Crippen LogP contribution is -2.23. The first kappa shape index (κ1) is 18.4. The zero-order valence-electron chi connectivity index (χ0n) is 15.2. The number of ether oxygens (including phenoxy) is 1. The number of rotatable bonds is 6. The van der Waals surface area contributed by atoms with E-state index in [1.54, 1.807) is 55.1 Å². The van der Waals surface area contributed by atoms with E-state index in [1.807, 2.05) is 0 Å². The lowest BCUT2D eigenvalue weighted by Gasteiger charge is -2.09. The molecule has 1 amide bonds. The molecule has 2 aromatic carbocycles. The second-order valence-corrected chi connectivity index (χ2v) is 6.10. The molecule has 4 rings (SSSR count). The third kappa shape index (κ3) is 4.47. The van der Waals surface area contributed by atoms with Crippen molar-refractivity contribution in [3.8, 4) is 23.0 Å². The van der Waals surface area contributed by atoms with Gasteiger partial charge in [-0.3, -0.25) is 9.78 Å². The van der Waals surface area contributed by atoms with Gasteiger partial charge in [0.05, 0.1) is 18.5 Å². The Morgan fingerprint density at radius 2 is 1.83 bits per heavy atom. The van der Waals surface area contributed by atoms with Crippen molar-refractivity contribution in [2.45, 2.75) is 6.54 Å². The average Bonchev–Trinajstić information content (AvgIpc) is 3.29. The summed E-state index contributed by atoms with van der Waals surface area (Å²) in [6.07, 6.45) is 4.68. The Kier molecular flexibility index (Phi) is 5.29. The fourth-order valence-electron chi connectivity index (χ4n) is 2.72. The lowest BCUT2D eigenvalue weighted by atomic mass is 10.2. The van der Waals surface area contributed by atoms with Gasteiger partial charge in [0, 0.05) is 18.0 Å². The van der Waals surface area contributed by atoms with Crippen LogP contribution in [0.3, 0.4) is 0 Å². The maximum absolute atomic E-state index is 13.0. The summed E-state index contributed by atoms with van der Waals surface area (Å²) in [5, 5.41) is 2.83. The number of furan rings is 1. The summed E-state index contributed by atoms with van der Waals surface area (Å²) < 4.78 is 24.1. The van der Waals surface area contributed by atoms with Crippen molar-refractivity contribution >= 4 is 5.91 Å². The van der Waals surface area contributed by atoms with Crippen LogP contribution in [-0.2, 0) is 6.54 Å². The molecule has 0 saturated carbocycles. The van der Waals surface area contributed by atoms with E-state index in [-0.39, 0.29) is 18.3 Å². The van der Waals surface area contributed by atoms with Gasteiger partial charge in [-0.15, -0.1) is 0 Å². The van der Waals surface area contributed by atoms with E-state index in [1.165, 1.54) is 24.3 Å². The quantitative estimate of drug-likeness (QED) is 0.522. The zero-order valence-corrected chi connectivity index (χ0v) is 15.2. The van der Waals surface area contributed by atoms with E-state index in [9.17, 15) is 9.18 Å². The summed E-state index contributed by atoms with van der Waals surface area (Å²) in [6, 6.07) is 15.9. The van der Waals surface area contributed by atoms with Crippen molar-refractivity contribution in [3.05, 3.63) is 96.4 Å². The maximum atomic E-state index is 13.0. The topological polar surface area (TPSA) is 77.3 Å². The van der Waals surface area contributed by atoms with Crippen molar-refractivity contribution in [1.29, 1.82) is 0 Å². The number of nitrogens with zero attached hydrogens (tertiary/aromatic N) is 2. The summed E-state index contributed by atoms with van der Waals surface area (Å²) in [4.78, 5) is 21.2. The summed E-state index contributed by atoms with van der Waals surface area (Å²) >= 11 is 0. The second-order valence-electron chi connectivity index (χ2n) is 6.10. The highest BCUT2D eigenvalue weighted by Crippen LogP contribution is 2.23. The summed E-state index contributed by atoms with van der Waals surface area (Å²) in [7, 11) is 0. The Labute approximate surface area is 166 Å². The monoisotopic (exact) mass is 389 g/mol. The van der Waals surface area contributed by atoms with Crippen molar-refractivity contribution in [1.82, 2.24) is 15.3 Å². The number of benzene rings is 2. The molecule has 4 aromatic rings. The molecule has 0 aliphatic carbocycles. The summed E-state index contributed by atoms with van der Waals surface area (Å²) in [6.45, 7) is 0.186. The van der Waals surface area contributed by atoms with E-state index in [2.05, 4.69) is 15.3 Å². The van der Waals surface area contributed by atoms with Crippen molar-refractivity contribution in [2.75, 3.05) is 0 Å². The Bertz CT molecular complexity index is 1110. The predicted octanol–water partition coefficient (Wildman–Crippen LogP) is 4.60. The number of amides is 1. The SMILES string of the molecule is O=C(NCc1nccnc1-c1ccco1)c1cccc(Oc2ccc(F)cc2)c1. The molecule has 0 radical (unpaired) electrons. The van der Waals surface area contributed by atoms with E-state index in [0.717, 1.165) is 0 Å². The van der Waals surface area contributed by atoms with Gasteiger partial charge < -0.3 is 14.5 Å². The van der Waals surface area contributed by atoms with Crippen LogP contribution in [-0.4, -0.2) is 15.9 Å². The highest BCUT2D eigenvalue weighted by Gasteiger charge is 2.13. The van der Waals surface area contributed by atoms with E-state index < -0.39 is 0 Å². The molecule has 0 bridgehead atoms. The molecule has 0 fully saturated rings. The van der Waals surface area contributed by atoms with Crippen LogP contribution in [0.4, 0.5) is 4.39 Å². The number of nitrogens with one attached hydrogen (secondary N) is 1. The number of hydrogen-bond donors (Lipinski definition) is 1. The molecule has 0 spiro atoms. The molecule has 0 aliphatic heterocycles.